The van der Waals surface area contributed by atoms with Gasteiger partial charge in [0.1, 0.15) is 0 Å². The van der Waals surface area contributed by atoms with Crippen molar-refractivity contribution in [3.05, 3.63) is 35.9 Å². The quantitative estimate of drug-likeness (QED) is 0.782. The van der Waals surface area contributed by atoms with Gasteiger partial charge >= 0.3 is 0 Å². The maximum atomic E-state index is 6.60. The predicted octanol–water partition coefficient (Wildman–Crippen LogP) is 2.85. The van der Waals surface area contributed by atoms with E-state index in [1.165, 1.54) is 24.8 Å². The molecule has 0 heterocycles. The van der Waals surface area contributed by atoms with Crippen molar-refractivity contribution < 1.29 is 0 Å². The fraction of sp³-hybridized carbons (Fsp3) is 0.571. The Bertz CT molecular complexity index is 389. The predicted molar refractivity (Wildman–Crippen MR) is 62.7 cm³/mol. The van der Waals surface area contributed by atoms with E-state index >= 15 is 0 Å². The number of benzene rings is 1. The monoisotopic (exact) mass is 201 g/mol. The fourth-order valence-corrected chi connectivity index (χ4v) is 3.34. The molecular formula is C14H19N. The van der Waals surface area contributed by atoms with Crippen molar-refractivity contribution in [3.63, 3.8) is 0 Å². The third-order valence-electron chi connectivity index (χ3n) is 4.73. The van der Waals surface area contributed by atoms with Crippen molar-refractivity contribution in [3.8, 4) is 0 Å². The maximum absolute atomic E-state index is 6.60. The SMILES string of the molecule is CC1(C)CC1(N)C1(c2ccccc2)CC1. The van der Waals surface area contributed by atoms with Crippen LogP contribution in [0.15, 0.2) is 30.3 Å². The van der Waals surface area contributed by atoms with Gasteiger partial charge in [-0.1, -0.05) is 44.2 Å². The molecule has 2 N–H and O–H groups in total. The molecule has 1 atom stereocenters. The summed E-state index contributed by atoms with van der Waals surface area (Å²) in [7, 11) is 0. The van der Waals surface area contributed by atoms with E-state index in [4.69, 9.17) is 5.73 Å². The van der Waals surface area contributed by atoms with Gasteiger partial charge in [0.15, 0.2) is 0 Å². The topological polar surface area (TPSA) is 26.0 Å². The number of rotatable bonds is 2. The van der Waals surface area contributed by atoms with Crippen LogP contribution >= 0.6 is 0 Å². The highest BCUT2D eigenvalue weighted by Crippen LogP contribution is 2.71. The number of hydrogen-bond acceptors (Lipinski definition) is 1. The smallest absolute Gasteiger partial charge is 0.0310 e. The second-order valence-electron chi connectivity index (χ2n) is 5.98. The Kier molecular flexibility index (Phi) is 1.54. The zero-order chi connectivity index (χ0) is 10.7. The molecule has 0 saturated heterocycles. The summed E-state index contributed by atoms with van der Waals surface area (Å²) in [5, 5.41) is 0. The van der Waals surface area contributed by atoms with Crippen LogP contribution in [0, 0.1) is 5.41 Å². The molecule has 0 aromatic heterocycles. The zero-order valence-corrected chi connectivity index (χ0v) is 9.59. The van der Waals surface area contributed by atoms with Crippen LogP contribution in [0.5, 0.6) is 0 Å². The van der Waals surface area contributed by atoms with Gasteiger partial charge in [-0.3, -0.25) is 0 Å². The lowest BCUT2D eigenvalue weighted by Crippen LogP contribution is -2.41. The summed E-state index contributed by atoms with van der Waals surface area (Å²) < 4.78 is 0. The summed E-state index contributed by atoms with van der Waals surface area (Å²) in [5.74, 6) is 0. The first-order valence-corrected chi connectivity index (χ1v) is 5.86. The Morgan fingerprint density at radius 1 is 1.07 bits per heavy atom. The van der Waals surface area contributed by atoms with Crippen LogP contribution in [0.1, 0.15) is 38.7 Å². The van der Waals surface area contributed by atoms with Crippen molar-refractivity contribution >= 4 is 0 Å². The van der Waals surface area contributed by atoms with Crippen molar-refractivity contribution in [2.75, 3.05) is 0 Å². The highest BCUT2D eigenvalue weighted by molar-refractivity contribution is 5.43. The van der Waals surface area contributed by atoms with Crippen LogP contribution < -0.4 is 5.73 Å². The fourth-order valence-electron chi connectivity index (χ4n) is 3.34. The van der Waals surface area contributed by atoms with E-state index < -0.39 is 0 Å². The summed E-state index contributed by atoms with van der Waals surface area (Å²) in [6.07, 6.45) is 3.72. The molecule has 15 heavy (non-hydrogen) atoms. The van der Waals surface area contributed by atoms with E-state index in [1.54, 1.807) is 0 Å². The largest absolute Gasteiger partial charge is 0.324 e. The standard InChI is InChI=1S/C14H19N/c1-12(2)10-14(12,15)13(8-9-13)11-6-4-3-5-7-11/h3-7H,8-10,15H2,1-2H3. The van der Waals surface area contributed by atoms with Crippen molar-refractivity contribution in [2.24, 2.45) is 11.1 Å². The molecule has 1 heteroatoms. The Hall–Kier alpha value is -0.820. The van der Waals surface area contributed by atoms with Gasteiger partial charge in [0.05, 0.1) is 0 Å². The first kappa shape index (κ1) is 9.41. The molecule has 1 unspecified atom stereocenters. The molecule has 0 aliphatic heterocycles. The van der Waals surface area contributed by atoms with Gasteiger partial charge in [-0.15, -0.1) is 0 Å². The van der Waals surface area contributed by atoms with Gasteiger partial charge in [0.2, 0.25) is 0 Å². The summed E-state index contributed by atoms with van der Waals surface area (Å²) >= 11 is 0. The van der Waals surface area contributed by atoms with Crippen molar-refractivity contribution in [2.45, 2.75) is 44.1 Å². The molecule has 2 saturated carbocycles. The van der Waals surface area contributed by atoms with Gasteiger partial charge in [0, 0.05) is 11.0 Å². The minimum absolute atomic E-state index is 0.0569. The van der Waals surface area contributed by atoms with E-state index in [0.29, 0.717) is 10.8 Å². The average Bonchev–Trinajstić information content (AvgIpc) is 3.06. The Labute approximate surface area is 91.7 Å². The lowest BCUT2D eigenvalue weighted by molar-refractivity contribution is 0.400. The Balaban J connectivity index is 2.01. The molecule has 0 bridgehead atoms. The molecule has 0 radical (unpaired) electrons. The van der Waals surface area contributed by atoms with Gasteiger partial charge in [-0.25, -0.2) is 0 Å². The first-order chi connectivity index (χ1) is 7.02. The Morgan fingerprint density at radius 2 is 1.60 bits per heavy atom. The van der Waals surface area contributed by atoms with Crippen LogP contribution in [0.3, 0.4) is 0 Å². The van der Waals surface area contributed by atoms with Gasteiger partial charge in [-0.2, -0.15) is 0 Å². The summed E-state index contributed by atoms with van der Waals surface area (Å²) in [6.45, 7) is 4.60. The molecule has 80 valence electrons. The Morgan fingerprint density at radius 3 is 2.00 bits per heavy atom. The first-order valence-electron chi connectivity index (χ1n) is 5.86. The molecule has 2 aliphatic rings. The normalized spacial score (nSPS) is 34.9. The van der Waals surface area contributed by atoms with Crippen LogP contribution in [-0.4, -0.2) is 5.54 Å². The molecule has 3 rings (SSSR count). The van der Waals surface area contributed by atoms with Gasteiger partial charge in [0.25, 0.3) is 0 Å². The highest BCUT2D eigenvalue weighted by atomic mass is 15.0. The molecule has 2 fully saturated rings. The molecule has 0 amide bonds. The van der Waals surface area contributed by atoms with E-state index in [9.17, 15) is 0 Å². The van der Waals surface area contributed by atoms with Crippen molar-refractivity contribution in [1.29, 1.82) is 0 Å². The third kappa shape index (κ3) is 1.02. The second-order valence-corrected chi connectivity index (χ2v) is 5.98. The average molecular weight is 201 g/mol. The number of nitrogens with two attached hydrogens (primary N) is 1. The minimum Gasteiger partial charge on any atom is -0.324 e. The number of hydrogen-bond donors (Lipinski definition) is 1. The summed E-state index contributed by atoms with van der Waals surface area (Å²) in [5.41, 5.74) is 8.75. The second kappa shape index (κ2) is 2.46. The lowest BCUT2D eigenvalue weighted by Gasteiger charge is -2.27. The summed E-state index contributed by atoms with van der Waals surface area (Å²) in [6, 6.07) is 10.8. The molecule has 1 aromatic rings. The van der Waals surface area contributed by atoms with Crippen LogP contribution in [0.25, 0.3) is 0 Å². The molecule has 1 aromatic carbocycles. The van der Waals surface area contributed by atoms with Crippen LogP contribution in [0.2, 0.25) is 0 Å². The molecule has 0 spiro atoms. The van der Waals surface area contributed by atoms with Gasteiger partial charge in [-0.05, 0) is 30.2 Å². The minimum atomic E-state index is 0.0569. The van der Waals surface area contributed by atoms with Crippen LogP contribution in [-0.2, 0) is 5.41 Å². The molecule has 1 nitrogen and oxygen atoms in total. The lowest BCUT2D eigenvalue weighted by atomic mass is 9.82. The van der Waals surface area contributed by atoms with E-state index in [1.807, 2.05) is 0 Å². The van der Waals surface area contributed by atoms with E-state index in [-0.39, 0.29) is 5.54 Å². The highest BCUT2D eigenvalue weighted by Gasteiger charge is 2.73. The third-order valence-corrected chi connectivity index (χ3v) is 4.73. The molecule has 2 aliphatic carbocycles. The summed E-state index contributed by atoms with van der Waals surface area (Å²) in [4.78, 5) is 0. The van der Waals surface area contributed by atoms with Crippen molar-refractivity contribution in [1.82, 2.24) is 0 Å². The van der Waals surface area contributed by atoms with Crippen LogP contribution in [0.4, 0.5) is 0 Å². The zero-order valence-electron chi connectivity index (χ0n) is 9.59. The van der Waals surface area contributed by atoms with E-state index in [2.05, 4.69) is 44.2 Å². The maximum Gasteiger partial charge on any atom is 0.0310 e. The van der Waals surface area contributed by atoms with Gasteiger partial charge < -0.3 is 5.73 Å². The molecular weight excluding hydrogens is 182 g/mol. The van der Waals surface area contributed by atoms with E-state index in [0.717, 1.165) is 0 Å².